The summed E-state index contributed by atoms with van der Waals surface area (Å²) in [6.07, 6.45) is -0.248. The third kappa shape index (κ3) is 4.84. The lowest BCUT2D eigenvalue weighted by Crippen LogP contribution is -2.41. The van der Waals surface area contributed by atoms with Crippen LogP contribution in [0.2, 0.25) is 0 Å². The quantitative estimate of drug-likeness (QED) is 0.708. The molecule has 0 bridgehead atoms. The molecule has 2 aromatic rings. The van der Waals surface area contributed by atoms with Crippen LogP contribution in [-0.4, -0.2) is 42.9 Å². The standard InChI is InChI=1S/C21H26N2O3/c1-15(21(25)23-13-18-12-22-14-19(18)24)26-20-10-6-5-9-17(20)11-16-7-3-2-4-8-16/h2-10,15,18-19,22,24H,11-14H2,1H3,(H,23,25). The smallest absolute Gasteiger partial charge is 0.260 e. The Labute approximate surface area is 154 Å². The summed E-state index contributed by atoms with van der Waals surface area (Å²) in [7, 11) is 0. The first-order valence-electron chi connectivity index (χ1n) is 9.08. The lowest BCUT2D eigenvalue weighted by molar-refractivity contribution is -0.127. The fourth-order valence-electron chi connectivity index (χ4n) is 3.13. The van der Waals surface area contributed by atoms with Crippen LogP contribution >= 0.6 is 0 Å². The minimum Gasteiger partial charge on any atom is -0.481 e. The number of hydrogen-bond acceptors (Lipinski definition) is 4. The molecule has 1 amide bonds. The van der Waals surface area contributed by atoms with Crippen LogP contribution in [0.4, 0.5) is 0 Å². The first-order chi connectivity index (χ1) is 12.6. The summed E-state index contributed by atoms with van der Waals surface area (Å²) in [6, 6.07) is 18.0. The lowest BCUT2D eigenvalue weighted by Gasteiger charge is -2.19. The van der Waals surface area contributed by atoms with Gasteiger partial charge in [-0.25, -0.2) is 0 Å². The second-order valence-electron chi connectivity index (χ2n) is 6.76. The van der Waals surface area contributed by atoms with E-state index in [1.807, 2.05) is 42.5 Å². The normalized spacial score (nSPS) is 20.5. The highest BCUT2D eigenvalue weighted by Crippen LogP contribution is 2.22. The van der Waals surface area contributed by atoms with Crippen LogP contribution in [0.15, 0.2) is 54.6 Å². The van der Waals surface area contributed by atoms with E-state index in [-0.39, 0.29) is 11.8 Å². The van der Waals surface area contributed by atoms with Crippen molar-refractivity contribution >= 4 is 5.91 Å². The molecule has 2 aromatic carbocycles. The predicted octanol–water partition coefficient (Wildman–Crippen LogP) is 1.74. The largest absolute Gasteiger partial charge is 0.481 e. The van der Waals surface area contributed by atoms with E-state index in [1.54, 1.807) is 6.92 Å². The van der Waals surface area contributed by atoms with Gasteiger partial charge in [-0.2, -0.15) is 0 Å². The van der Waals surface area contributed by atoms with Gasteiger partial charge in [-0.05, 0) is 24.1 Å². The van der Waals surface area contributed by atoms with E-state index in [4.69, 9.17) is 4.74 Å². The van der Waals surface area contributed by atoms with Gasteiger partial charge in [-0.3, -0.25) is 4.79 Å². The van der Waals surface area contributed by atoms with Gasteiger partial charge in [0.2, 0.25) is 0 Å². The zero-order chi connectivity index (χ0) is 18.4. The number of amides is 1. The van der Waals surface area contributed by atoms with E-state index < -0.39 is 12.2 Å². The van der Waals surface area contributed by atoms with Crippen molar-refractivity contribution in [3.8, 4) is 5.75 Å². The van der Waals surface area contributed by atoms with Crippen LogP contribution in [0.25, 0.3) is 0 Å². The maximum Gasteiger partial charge on any atom is 0.260 e. The average Bonchev–Trinajstić information content (AvgIpc) is 3.07. The van der Waals surface area contributed by atoms with Crippen molar-refractivity contribution in [2.24, 2.45) is 5.92 Å². The van der Waals surface area contributed by atoms with Crippen LogP contribution < -0.4 is 15.4 Å². The minimum absolute atomic E-state index is 0.0523. The minimum atomic E-state index is -0.599. The summed E-state index contributed by atoms with van der Waals surface area (Å²) in [5, 5.41) is 15.8. The van der Waals surface area contributed by atoms with Crippen molar-refractivity contribution in [1.82, 2.24) is 10.6 Å². The molecule has 3 rings (SSSR count). The number of aliphatic hydroxyl groups is 1. The fraction of sp³-hybridized carbons (Fsp3) is 0.381. The number of ether oxygens (including phenoxy) is 1. The number of para-hydroxylation sites is 1. The first kappa shape index (κ1) is 18.4. The number of aliphatic hydroxyl groups excluding tert-OH is 1. The van der Waals surface area contributed by atoms with Crippen molar-refractivity contribution < 1.29 is 14.6 Å². The number of β-amino-alcohol motifs (C(OH)–C–C–N with tert-alkyl or cyclic N) is 1. The van der Waals surface area contributed by atoms with E-state index in [1.165, 1.54) is 5.56 Å². The molecule has 3 unspecified atom stereocenters. The van der Waals surface area contributed by atoms with Crippen LogP contribution in [0.1, 0.15) is 18.1 Å². The van der Waals surface area contributed by atoms with E-state index in [0.29, 0.717) is 13.1 Å². The highest BCUT2D eigenvalue weighted by atomic mass is 16.5. The zero-order valence-corrected chi connectivity index (χ0v) is 15.0. The Morgan fingerprint density at radius 2 is 1.92 bits per heavy atom. The Morgan fingerprint density at radius 1 is 1.19 bits per heavy atom. The molecule has 26 heavy (non-hydrogen) atoms. The molecular weight excluding hydrogens is 328 g/mol. The van der Waals surface area contributed by atoms with Gasteiger partial charge < -0.3 is 20.5 Å². The Morgan fingerprint density at radius 3 is 2.65 bits per heavy atom. The van der Waals surface area contributed by atoms with Gasteiger partial charge in [0.05, 0.1) is 6.10 Å². The molecule has 0 aliphatic carbocycles. The van der Waals surface area contributed by atoms with Crippen LogP contribution in [-0.2, 0) is 11.2 Å². The van der Waals surface area contributed by atoms with E-state index in [0.717, 1.165) is 24.3 Å². The summed E-state index contributed by atoms with van der Waals surface area (Å²) in [6.45, 7) is 3.50. The molecule has 5 heteroatoms. The molecule has 1 heterocycles. The molecule has 1 aliphatic rings. The zero-order valence-electron chi connectivity index (χ0n) is 15.0. The highest BCUT2D eigenvalue weighted by Gasteiger charge is 2.26. The maximum atomic E-state index is 12.3. The first-order valence-corrected chi connectivity index (χ1v) is 9.08. The topological polar surface area (TPSA) is 70.6 Å². The number of benzene rings is 2. The molecule has 0 radical (unpaired) electrons. The summed E-state index contributed by atoms with van der Waals surface area (Å²) in [5.41, 5.74) is 2.25. The van der Waals surface area contributed by atoms with Gasteiger partial charge in [-0.1, -0.05) is 48.5 Å². The molecule has 138 valence electrons. The summed E-state index contributed by atoms with van der Waals surface area (Å²) in [5.74, 6) is 0.608. The Bertz CT molecular complexity index is 720. The van der Waals surface area contributed by atoms with E-state index >= 15 is 0 Å². The number of rotatable bonds is 7. The van der Waals surface area contributed by atoms with Crippen LogP contribution in [0.3, 0.4) is 0 Å². The summed E-state index contributed by atoms with van der Waals surface area (Å²) < 4.78 is 5.93. The monoisotopic (exact) mass is 354 g/mol. The van der Waals surface area contributed by atoms with Gasteiger partial charge in [0.1, 0.15) is 5.75 Å². The molecule has 1 saturated heterocycles. The number of carbonyl (C=O) groups excluding carboxylic acids is 1. The van der Waals surface area contributed by atoms with Crippen molar-refractivity contribution in [2.75, 3.05) is 19.6 Å². The average molecular weight is 354 g/mol. The van der Waals surface area contributed by atoms with Crippen LogP contribution in [0.5, 0.6) is 5.75 Å². The molecule has 5 nitrogen and oxygen atoms in total. The van der Waals surface area contributed by atoms with Gasteiger partial charge in [-0.15, -0.1) is 0 Å². The second kappa shape index (κ2) is 8.83. The summed E-state index contributed by atoms with van der Waals surface area (Å²) in [4.78, 5) is 12.3. The van der Waals surface area contributed by atoms with Gasteiger partial charge in [0.25, 0.3) is 5.91 Å². The molecule has 0 saturated carbocycles. The van der Waals surface area contributed by atoms with Crippen molar-refractivity contribution in [3.05, 3.63) is 65.7 Å². The third-order valence-corrected chi connectivity index (χ3v) is 4.73. The maximum absolute atomic E-state index is 12.3. The predicted molar refractivity (Wildman–Crippen MR) is 101 cm³/mol. The second-order valence-corrected chi connectivity index (χ2v) is 6.76. The molecular formula is C21H26N2O3. The van der Waals surface area contributed by atoms with Gasteiger partial charge in [0, 0.05) is 32.0 Å². The van der Waals surface area contributed by atoms with Crippen molar-refractivity contribution in [1.29, 1.82) is 0 Å². The van der Waals surface area contributed by atoms with E-state index in [9.17, 15) is 9.90 Å². The SMILES string of the molecule is CC(Oc1ccccc1Cc1ccccc1)C(=O)NCC1CNCC1O. The molecule has 1 fully saturated rings. The highest BCUT2D eigenvalue weighted by molar-refractivity contribution is 5.80. The Kier molecular flexibility index (Phi) is 6.26. The molecule has 3 atom stereocenters. The number of carbonyl (C=O) groups is 1. The van der Waals surface area contributed by atoms with Crippen molar-refractivity contribution in [2.45, 2.75) is 25.6 Å². The molecule has 0 spiro atoms. The van der Waals surface area contributed by atoms with Gasteiger partial charge in [0.15, 0.2) is 6.10 Å². The number of hydrogen-bond donors (Lipinski definition) is 3. The number of nitrogens with one attached hydrogen (secondary N) is 2. The summed E-state index contributed by atoms with van der Waals surface area (Å²) >= 11 is 0. The molecule has 1 aliphatic heterocycles. The molecule has 0 aromatic heterocycles. The Hall–Kier alpha value is -2.37. The lowest BCUT2D eigenvalue weighted by atomic mass is 10.0. The fourth-order valence-corrected chi connectivity index (χ4v) is 3.13. The van der Waals surface area contributed by atoms with Gasteiger partial charge >= 0.3 is 0 Å². The third-order valence-electron chi connectivity index (χ3n) is 4.73. The Balaban J connectivity index is 1.58. The molecule has 3 N–H and O–H groups in total. The van der Waals surface area contributed by atoms with Crippen molar-refractivity contribution in [3.63, 3.8) is 0 Å². The van der Waals surface area contributed by atoms with E-state index in [2.05, 4.69) is 22.8 Å². The van der Waals surface area contributed by atoms with Crippen LogP contribution in [0, 0.1) is 5.92 Å².